The van der Waals surface area contributed by atoms with E-state index in [1.165, 1.54) is 38.0 Å². The molecule has 1 heterocycles. The summed E-state index contributed by atoms with van der Waals surface area (Å²) in [5, 5.41) is 3.00. The maximum Gasteiger partial charge on any atom is 0.332 e. The molecule has 0 saturated heterocycles. The number of carbonyl (C=O) groups excluding carboxylic acids is 1. The zero-order valence-corrected chi connectivity index (χ0v) is 18.1. The molecule has 9 heteroatoms. The Kier molecular flexibility index (Phi) is 6.33. The van der Waals surface area contributed by atoms with Gasteiger partial charge in [0.05, 0.1) is 37.9 Å². The molecular weight excluding hydrogens is 402 g/mol. The molecule has 0 aliphatic heterocycles. The molecule has 0 atom stereocenters. The third-order valence-corrected chi connectivity index (χ3v) is 4.88. The zero-order valence-electron chi connectivity index (χ0n) is 18.1. The van der Waals surface area contributed by atoms with Gasteiger partial charge in [-0.25, -0.2) is 4.79 Å². The van der Waals surface area contributed by atoms with Crippen LogP contribution in [0.3, 0.4) is 0 Å². The third kappa shape index (κ3) is 4.11. The number of carbonyl (C=O) groups is 1. The van der Waals surface area contributed by atoms with E-state index in [0.29, 0.717) is 22.9 Å². The lowest BCUT2D eigenvalue weighted by atomic mass is 10.2. The summed E-state index contributed by atoms with van der Waals surface area (Å²) in [6.07, 6.45) is 0. The summed E-state index contributed by atoms with van der Waals surface area (Å²) in [5.41, 5.74) is -0.296. The molecule has 0 fully saturated rings. The number of ether oxygens (including phenoxy) is 3. The van der Waals surface area contributed by atoms with Crippen LogP contribution in [0.4, 0.5) is 5.69 Å². The number of para-hydroxylation sites is 2. The summed E-state index contributed by atoms with van der Waals surface area (Å²) < 4.78 is 18.2. The van der Waals surface area contributed by atoms with Crippen LogP contribution in [0.1, 0.15) is 19.9 Å². The lowest BCUT2D eigenvalue weighted by Gasteiger charge is -2.18. The number of aromatic nitrogens is 2. The Bertz CT molecular complexity index is 1240. The number of hydrogen-bond donors (Lipinski definition) is 1. The second-order valence-corrected chi connectivity index (χ2v) is 7.11. The first-order valence-corrected chi connectivity index (χ1v) is 9.66. The molecular formula is C22H25N3O6. The van der Waals surface area contributed by atoms with Gasteiger partial charge in [0.25, 0.3) is 5.56 Å². The van der Waals surface area contributed by atoms with Crippen LogP contribution in [0.5, 0.6) is 17.2 Å². The fourth-order valence-electron chi connectivity index (χ4n) is 3.40. The minimum atomic E-state index is -0.588. The standard InChI is InChI=1S/C22H25N3O6/c1-13(2)25-21(27)14-10-18(30-4)19(31-5)11-16(14)24(22(25)28)12-20(26)23-15-8-6-7-9-17(15)29-3/h6-11,13H,12H2,1-5H3,(H,23,26). The second-order valence-electron chi connectivity index (χ2n) is 7.11. The summed E-state index contributed by atoms with van der Waals surface area (Å²) in [6.45, 7) is 3.15. The largest absolute Gasteiger partial charge is 0.495 e. The molecule has 3 rings (SSSR count). The topological polar surface area (TPSA) is 101 Å². The van der Waals surface area contributed by atoms with E-state index < -0.39 is 23.2 Å². The van der Waals surface area contributed by atoms with Crippen molar-refractivity contribution in [1.82, 2.24) is 9.13 Å². The molecule has 0 spiro atoms. The first kappa shape index (κ1) is 21.9. The van der Waals surface area contributed by atoms with Gasteiger partial charge in [-0.3, -0.25) is 18.7 Å². The van der Waals surface area contributed by atoms with Crippen LogP contribution in [0.2, 0.25) is 0 Å². The predicted molar refractivity (Wildman–Crippen MR) is 118 cm³/mol. The molecule has 3 aromatic rings. The number of fused-ring (bicyclic) bond motifs is 1. The Balaban J connectivity index is 2.17. The van der Waals surface area contributed by atoms with Crippen molar-refractivity contribution in [3.63, 3.8) is 0 Å². The SMILES string of the molecule is COc1ccccc1NC(=O)Cn1c(=O)n(C(C)C)c(=O)c2cc(OC)c(OC)cc21. The van der Waals surface area contributed by atoms with E-state index in [2.05, 4.69) is 5.32 Å². The molecule has 9 nitrogen and oxygen atoms in total. The molecule has 0 saturated carbocycles. The van der Waals surface area contributed by atoms with Crippen molar-refractivity contribution < 1.29 is 19.0 Å². The number of methoxy groups -OCH3 is 3. The summed E-state index contributed by atoms with van der Waals surface area (Å²) in [7, 11) is 4.42. The van der Waals surface area contributed by atoms with Crippen LogP contribution in [0.15, 0.2) is 46.0 Å². The number of anilines is 1. The van der Waals surface area contributed by atoms with Crippen LogP contribution in [0, 0.1) is 0 Å². The highest BCUT2D eigenvalue weighted by Crippen LogP contribution is 2.30. The number of nitrogens with one attached hydrogen (secondary N) is 1. The normalized spacial score (nSPS) is 10.9. The molecule has 1 aromatic heterocycles. The van der Waals surface area contributed by atoms with Crippen LogP contribution in [-0.4, -0.2) is 36.4 Å². The number of rotatable bonds is 7. The van der Waals surface area contributed by atoms with E-state index in [1.54, 1.807) is 38.1 Å². The molecule has 0 unspecified atom stereocenters. The van der Waals surface area contributed by atoms with E-state index >= 15 is 0 Å². The Morgan fingerprint density at radius 1 is 0.968 bits per heavy atom. The summed E-state index contributed by atoms with van der Waals surface area (Å²) in [5.74, 6) is 0.740. The number of benzene rings is 2. The molecule has 0 aliphatic carbocycles. The highest BCUT2D eigenvalue weighted by Gasteiger charge is 2.20. The monoisotopic (exact) mass is 427 g/mol. The van der Waals surface area contributed by atoms with Gasteiger partial charge in [-0.15, -0.1) is 0 Å². The summed E-state index contributed by atoms with van der Waals surface area (Å²) >= 11 is 0. The van der Waals surface area contributed by atoms with Gasteiger partial charge in [0.15, 0.2) is 11.5 Å². The highest BCUT2D eigenvalue weighted by molar-refractivity contribution is 5.93. The average molecular weight is 427 g/mol. The molecule has 1 N–H and O–H groups in total. The minimum Gasteiger partial charge on any atom is -0.495 e. The zero-order chi connectivity index (χ0) is 22.7. The van der Waals surface area contributed by atoms with E-state index in [0.717, 1.165) is 4.57 Å². The number of nitrogens with zero attached hydrogens (tertiary/aromatic N) is 2. The van der Waals surface area contributed by atoms with Crippen LogP contribution in [-0.2, 0) is 11.3 Å². The van der Waals surface area contributed by atoms with Crippen molar-refractivity contribution in [3.8, 4) is 17.2 Å². The van der Waals surface area contributed by atoms with Crippen molar-refractivity contribution >= 4 is 22.5 Å². The van der Waals surface area contributed by atoms with Crippen molar-refractivity contribution in [3.05, 3.63) is 57.2 Å². The van der Waals surface area contributed by atoms with E-state index in [9.17, 15) is 14.4 Å². The fourth-order valence-corrected chi connectivity index (χ4v) is 3.40. The molecule has 0 aliphatic rings. The molecule has 0 radical (unpaired) electrons. The molecule has 31 heavy (non-hydrogen) atoms. The van der Waals surface area contributed by atoms with Gasteiger partial charge in [0, 0.05) is 12.1 Å². The van der Waals surface area contributed by atoms with E-state index in [4.69, 9.17) is 14.2 Å². The molecule has 2 aromatic carbocycles. The van der Waals surface area contributed by atoms with Crippen molar-refractivity contribution in [2.45, 2.75) is 26.4 Å². The van der Waals surface area contributed by atoms with Gasteiger partial charge in [0.2, 0.25) is 5.91 Å². The van der Waals surface area contributed by atoms with Crippen LogP contribution < -0.4 is 30.8 Å². The maximum atomic E-state index is 13.2. The second kappa shape index (κ2) is 8.95. The first-order chi connectivity index (χ1) is 14.8. The molecule has 1 amide bonds. The Hall–Kier alpha value is -3.75. The summed E-state index contributed by atoms with van der Waals surface area (Å²) in [4.78, 5) is 39.0. The average Bonchev–Trinajstić information content (AvgIpc) is 2.75. The van der Waals surface area contributed by atoms with Crippen LogP contribution in [0.25, 0.3) is 10.9 Å². The van der Waals surface area contributed by atoms with Crippen molar-refractivity contribution in [2.24, 2.45) is 0 Å². The Labute approximate surface area is 178 Å². The third-order valence-electron chi connectivity index (χ3n) is 4.88. The maximum absolute atomic E-state index is 13.2. The van der Waals surface area contributed by atoms with E-state index in [-0.39, 0.29) is 17.4 Å². The quantitative estimate of drug-likeness (QED) is 0.622. The van der Waals surface area contributed by atoms with Gasteiger partial charge < -0.3 is 19.5 Å². The van der Waals surface area contributed by atoms with Crippen molar-refractivity contribution in [2.75, 3.05) is 26.6 Å². The Morgan fingerprint density at radius 3 is 2.19 bits per heavy atom. The van der Waals surface area contributed by atoms with Gasteiger partial charge >= 0.3 is 5.69 Å². The number of hydrogen-bond acceptors (Lipinski definition) is 6. The van der Waals surface area contributed by atoms with Crippen LogP contribution >= 0.6 is 0 Å². The lowest BCUT2D eigenvalue weighted by Crippen LogP contribution is -2.42. The first-order valence-electron chi connectivity index (χ1n) is 9.66. The van der Waals surface area contributed by atoms with Gasteiger partial charge in [0.1, 0.15) is 12.3 Å². The fraction of sp³-hybridized carbons (Fsp3) is 0.318. The number of amides is 1. The highest BCUT2D eigenvalue weighted by atomic mass is 16.5. The smallest absolute Gasteiger partial charge is 0.332 e. The lowest BCUT2D eigenvalue weighted by molar-refractivity contribution is -0.116. The Morgan fingerprint density at radius 2 is 1.58 bits per heavy atom. The minimum absolute atomic E-state index is 0.246. The van der Waals surface area contributed by atoms with Gasteiger partial charge in [-0.1, -0.05) is 12.1 Å². The van der Waals surface area contributed by atoms with E-state index in [1.807, 2.05) is 0 Å². The van der Waals surface area contributed by atoms with Crippen molar-refractivity contribution in [1.29, 1.82) is 0 Å². The summed E-state index contributed by atoms with van der Waals surface area (Å²) in [6, 6.07) is 9.59. The predicted octanol–water partition coefficient (Wildman–Crippen LogP) is 2.41. The molecule has 0 bridgehead atoms. The molecule has 164 valence electrons. The van der Waals surface area contributed by atoms with Gasteiger partial charge in [-0.2, -0.15) is 0 Å². The van der Waals surface area contributed by atoms with Gasteiger partial charge in [-0.05, 0) is 32.0 Å².